The number of nitrogens with one attached hydrogen (secondary N) is 1. The molecule has 1 N–H and O–H groups in total. The number of nitrogens with zero attached hydrogens (tertiary/aromatic N) is 4. The zero-order valence-electron chi connectivity index (χ0n) is 19.9. The molecule has 9 nitrogen and oxygen atoms in total. The number of carbonyl (C=O) groups excluding carboxylic acids is 1. The third-order valence-electron chi connectivity index (χ3n) is 6.06. The van der Waals surface area contributed by atoms with Gasteiger partial charge in [0.05, 0.1) is 16.0 Å². The van der Waals surface area contributed by atoms with Crippen molar-refractivity contribution >= 4 is 38.5 Å². The van der Waals surface area contributed by atoms with E-state index in [-0.39, 0.29) is 48.4 Å². The summed E-state index contributed by atoms with van der Waals surface area (Å²) >= 11 is 0. The molecule has 4 rings (SSSR count). The minimum atomic E-state index is -5.81. The molecule has 1 aliphatic rings. The van der Waals surface area contributed by atoms with Gasteiger partial charge < -0.3 is 19.5 Å². The highest BCUT2D eigenvalue weighted by Gasteiger charge is 2.60. The van der Waals surface area contributed by atoms with E-state index in [4.69, 9.17) is 0 Å². The van der Waals surface area contributed by atoms with E-state index in [1.54, 1.807) is 16.8 Å². The topological polar surface area (TPSA) is 106 Å². The number of amides is 1. The highest BCUT2D eigenvalue weighted by Crippen LogP contribution is 2.37. The number of sulfone groups is 1. The van der Waals surface area contributed by atoms with Crippen LogP contribution in [0.15, 0.2) is 41.7 Å². The molecule has 1 fully saturated rings. The Morgan fingerprint density at radius 2 is 1.72 bits per heavy atom. The third-order valence-corrected chi connectivity index (χ3v) is 7.17. The standard InChI is InChI=1S/C22H20F7N5O4S/c1-39(36,37)13-2-3-16(15(23)10-13)32-17-14-6-9-34(18(14)31-11-30-17)12-4-7-33(8-5-12)20(35)38-19(21(24,25)26)22(27,28)29/h2-3,6,9-12,19H,4-5,7-8H2,1H3,(H,30,31,32). The Kier molecular flexibility index (Phi) is 7.39. The fourth-order valence-corrected chi connectivity index (χ4v) is 4.77. The predicted octanol–water partition coefficient (Wildman–Crippen LogP) is 4.98. The van der Waals surface area contributed by atoms with Gasteiger partial charge in [0, 0.05) is 31.6 Å². The lowest BCUT2D eigenvalue weighted by atomic mass is 10.1. The summed E-state index contributed by atoms with van der Waals surface area (Å²) in [5, 5.41) is 3.25. The number of likely N-dealkylation sites (tertiary alicyclic amines) is 1. The number of hydrogen-bond acceptors (Lipinski definition) is 7. The summed E-state index contributed by atoms with van der Waals surface area (Å²) in [7, 11) is -3.62. The van der Waals surface area contributed by atoms with Crippen LogP contribution < -0.4 is 5.32 Å². The van der Waals surface area contributed by atoms with Gasteiger partial charge in [-0.15, -0.1) is 0 Å². The van der Waals surface area contributed by atoms with Crippen LogP contribution in [-0.4, -0.2) is 71.7 Å². The summed E-state index contributed by atoms with van der Waals surface area (Å²) in [6, 6.07) is 4.65. The van der Waals surface area contributed by atoms with Gasteiger partial charge in [0.25, 0.3) is 6.10 Å². The molecule has 212 valence electrons. The second-order valence-electron chi connectivity index (χ2n) is 8.79. The van der Waals surface area contributed by atoms with Gasteiger partial charge in [-0.05, 0) is 37.1 Å². The van der Waals surface area contributed by atoms with Crippen LogP contribution in [0.2, 0.25) is 0 Å². The molecule has 3 heterocycles. The average Bonchev–Trinajstić information content (AvgIpc) is 3.27. The van der Waals surface area contributed by atoms with Crippen molar-refractivity contribution in [3.63, 3.8) is 0 Å². The fraction of sp³-hybridized carbons (Fsp3) is 0.409. The van der Waals surface area contributed by atoms with Crippen molar-refractivity contribution < 1.29 is 48.7 Å². The van der Waals surface area contributed by atoms with Crippen LogP contribution in [0.25, 0.3) is 11.0 Å². The molecule has 0 unspecified atom stereocenters. The number of carbonyl (C=O) groups is 1. The quantitative estimate of drug-likeness (QED) is 0.422. The maximum atomic E-state index is 14.5. The van der Waals surface area contributed by atoms with Crippen molar-refractivity contribution in [1.82, 2.24) is 19.4 Å². The fourth-order valence-electron chi connectivity index (χ4n) is 4.14. The summed E-state index contributed by atoms with van der Waals surface area (Å²) in [6.07, 6.45) is -13.4. The van der Waals surface area contributed by atoms with Crippen molar-refractivity contribution in [1.29, 1.82) is 0 Å². The molecular weight excluding hydrogens is 563 g/mol. The van der Waals surface area contributed by atoms with Crippen molar-refractivity contribution in [2.45, 2.75) is 42.2 Å². The molecular formula is C22H20F7N5O4S. The van der Waals surface area contributed by atoms with Crippen LogP contribution in [0.1, 0.15) is 18.9 Å². The molecule has 3 aromatic rings. The van der Waals surface area contributed by atoms with Crippen LogP contribution in [0.5, 0.6) is 0 Å². The second kappa shape index (κ2) is 10.2. The van der Waals surface area contributed by atoms with Gasteiger partial charge in [0.15, 0.2) is 9.84 Å². The van der Waals surface area contributed by atoms with Gasteiger partial charge >= 0.3 is 18.4 Å². The summed E-state index contributed by atoms with van der Waals surface area (Å²) in [6.45, 7) is -0.334. The van der Waals surface area contributed by atoms with E-state index in [0.717, 1.165) is 17.2 Å². The molecule has 17 heteroatoms. The van der Waals surface area contributed by atoms with E-state index < -0.39 is 40.2 Å². The average molecular weight is 583 g/mol. The number of alkyl halides is 6. The molecule has 1 aromatic carbocycles. The van der Waals surface area contributed by atoms with Crippen LogP contribution >= 0.6 is 0 Å². The molecule has 1 saturated heterocycles. The molecule has 1 aliphatic heterocycles. The zero-order valence-corrected chi connectivity index (χ0v) is 20.7. The first-order valence-corrected chi connectivity index (χ1v) is 13.1. The maximum Gasteiger partial charge on any atom is 0.434 e. The molecule has 0 atom stereocenters. The first-order valence-electron chi connectivity index (χ1n) is 11.2. The van der Waals surface area contributed by atoms with E-state index in [0.29, 0.717) is 11.0 Å². The number of halogens is 7. The Morgan fingerprint density at radius 1 is 1.08 bits per heavy atom. The first-order chi connectivity index (χ1) is 18.1. The minimum absolute atomic E-state index is 0.0435. The SMILES string of the molecule is CS(=O)(=O)c1ccc(Nc2ncnc3c2ccn3C2CCN(C(=O)OC(C(F)(F)F)C(F)(F)F)CC2)c(F)c1. The van der Waals surface area contributed by atoms with Crippen LogP contribution in [0, 0.1) is 5.82 Å². The zero-order chi connectivity index (χ0) is 28.8. The predicted molar refractivity (Wildman–Crippen MR) is 123 cm³/mol. The summed E-state index contributed by atoms with van der Waals surface area (Å²) in [4.78, 5) is 20.9. The van der Waals surface area contributed by atoms with Gasteiger partial charge in [0.2, 0.25) is 0 Å². The number of fused-ring (bicyclic) bond motifs is 1. The number of benzene rings is 1. The number of rotatable bonds is 5. The smallest absolute Gasteiger partial charge is 0.426 e. The summed E-state index contributed by atoms with van der Waals surface area (Å²) < 4.78 is 120. The van der Waals surface area contributed by atoms with Crippen molar-refractivity contribution in [2.24, 2.45) is 0 Å². The lowest BCUT2D eigenvalue weighted by Gasteiger charge is -2.33. The summed E-state index contributed by atoms with van der Waals surface area (Å²) in [5.41, 5.74) is 0.355. The van der Waals surface area contributed by atoms with Crippen LogP contribution in [0.3, 0.4) is 0 Å². The normalized spacial score (nSPS) is 15.7. The number of anilines is 2. The number of piperidine rings is 1. The molecule has 1 amide bonds. The maximum absolute atomic E-state index is 14.5. The van der Waals surface area contributed by atoms with Gasteiger partial charge in [-0.3, -0.25) is 0 Å². The van der Waals surface area contributed by atoms with Crippen molar-refractivity contribution in [2.75, 3.05) is 24.7 Å². The van der Waals surface area contributed by atoms with E-state index in [1.807, 2.05) is 0 Å². The van der Waals surface area contributed by atoms with E-state index in [2.05, 4.69) is 20.0 Å². The van der Waals surface area contributed by atoms with E-state index >= 15 is 0 Å². The summed E-state index contributed by atoms with van der Waals surface area (Å²) in [5.74, 6) is -0.627. The Hall–Kier alpha value is -3.63. The van der Waals surface area contributed by atoms with Gasteiger partial charge in [-0.25, -0.2) is 27.6 Å². The Morgan fingerprint density at radius 3 is 2.28 bits per heavy atom. The molecule has 0 spiro atoms. The molecule has 0 bridgehead atoms. The lowest BCUT2D eigenvalue weighted by molar-refractivity contribution is -0.308. The number of aromatic nitrogens is 3. The molecule has 39 heavy (non-hydrogen) atoms. The van der Waals surface area contributed by atoms with E-state index in [9.17, 15) is 43.9 Å². The highest BCUT2D eigenvalue weighted by molar-refractivity contribution is 7.90. The third kappa shape index (κ3) is 6.17. The van der Waals surface area contributed by atoms with Gasteiger partial charge in [0.1, 0.15) is 23.6 Å². The second-order valence-corrected chi connectivity index (χ2v) is 10.8. The minimum Gasteiger partial charge on any atom is -0.426 e. The highest BCUT2D eigenvalue weighted by atomic mass is 32.2. The number of hydrogen-bond donors (Lipinski definition) is 1. The molecule has 0 radical (unpaired) electrons. The molecule has 2 aromatic heterocycles. The van der Waals surface area contributed by atoms with Crippen molar-refractivity contribution in [3.05, 3.63) is 42.6 Å². The Labute approximate surface area is 216 Å². The number of ether oxygens (including phenoxy) is 1. The Bertz CT molecular complexity index is 1470. The molecule has 0 aliphatic carbocycles. The van der Waals surface area contributed by atoms with Gasteiger partial charge in [-0.2, -0.15) is 26.3 Å². The van der Waals surface area contributed by atoms with Crippen LogP contribution in [0.4, 0.5) is 47.0 Å². The van der Waals surface area contributed by atoms with Gasteiger partial charge in [-0.1, -0.05) is 0 Å². The largest absolute Gasteiger partial charge is 0.434 e. The monoisotopic (exact) mass is 583 g/mol. The van der Waals surface area contributed by atoms with E-state index in [1.165, 1.54) is 18.5 Å². The first kappa shape index (κ1) is 28.4. The lowest BCUT2D eigenvalue weighted by Crippen LogP contribution is -2.49. The van der Waals surface area contributed by atoms with Crippen molar-refractivity contribution in [3.8, 4) is 0 Å². The Balaban J connectivity index is 1.47. The molecule has 0 saturated carbocycles. The van der Waals surface area contributed by atoms with Crippen LogP contribution in [-0.2, 0) is 14.6 Å².